The first-order chi connectivity index (χ1) is 9.76. The number of likely N-dealkylation sites (tertiary alicyclic amines) is 1. The van der Waals surface area contributed by atoms with Crippen LogP contribution in [0, 0.1) is 5.41 Å². The standard InChI is InChI=1S/C14H18N4O2/c15-8-11-1-2-13(16-9-19)7-14(11)17-12-3-5-18(10-20)6-4-12/h1-2,7-10,12,15,17H,3-6H2,(H,16,19). The Morgan fingerprint density at radius 3 is 2.60 bits per heavy atom. The first kappa shape index (κ1) is 14.0. The first-order valence-electron chi connectivity index (χ1n) is 6.57. The maximum atomic E-state index is 10.7. The zero-order valence-electron chi connectivity index (χ0n) is 11.1. The number of hydrogen-bond acceptors (Lipinski definition) is 4. The van der Waals surface area contributed by atoms with E-state index < -0.39 is 0 Å². The average molecular weight is 274 g/mol. The van der Waals surface area contributed by atoms with E-state index in [1.54, 1.807) is 17.0 Å². The summed E-state index contributed by atoms with van der Waals surface area (Å²) in [5.41, 5.74) is 2.30. The maximum Gasteiger partial charge on any atom is 0.211 e. The molecule has 2 rings (SSSR count). The van der Waals surface area contributed by atoms with Gasteiger partial charge in [-0.1, -0.05) is 0 Å². The maximum absolute atomic E-state index is 10.7. The summed E-state index contributed by atoms with van der Waals surface area (Å²) in [4.78, 5) is 22.9. The predicted molar refractivity (Wildman–Crippen MR) is 78.3 cm³/mol. The van der Waals surface area contributed by atoms with Crippen LogP contribution in [0.2, 0.25) is 0 Å². The van der Waals surface area contributed by atoms with Crippen molar-refractivity contribution in [2.24, 2.45) is 0 Å². The van der Waals surface area contributed by atoms with E-state index in [-0.39, 0.29) is 6.04 Å². The van der Waals surface area contributed by atoms with Gasteiger partial charge in [-0.3, -0.25) is 9.59 Å². The van der Waals surface area contributed by atoms with E-state index in [4.69, 9.17) is 5.41 Å². The molecule has 0 aliphatic carbocycles. The molecule has 0 atom stereocenters. The number of anilines is 2. The molecule has 1 aliphatic heterocycles. The summed E-state index contributed by atoms with van der Waals surface area (Å²) in [7, 11) is 0. The molecule has 0 spiro atoms. The first-order valence-corrected chi connectivity index (χ1v) is 6.57. The van der Waals surface area contributed by atoms with Gasteiger partial charge in [-0.15, -0.1) is 0 Å². The summed E-state index contributed by atoms with van der Waals surface area (Å²) in [5, 5.41) is 13.4. The van der Waals surface area contributed by atoms with Crippen LogP contribution in [0.25, 0.3) is 0 Å². The third-order valence-corrected chi connectivity index (χ3v) is 3.47. The third-order valence-electron chi connectivity index (χ3n) is 3.47. The van der Waals surface area contributed by atoms with Crippen molar-refractivity contribution in [1.29, 1.82) is 5.41 Å². The van der Waals surface area contributed by atoms with Crippen molar-refractivity contribution in [3.63, 3.8) is 0 Å². The molecule has 0 aromatic heterocycles. The zero-order chi connectivity index (χ0) is 14.4. The fourth-order valence-electron chi connectivity index (χ4n) is 2.33. The SMILES string of the molecule is N=Cc1ccc(NC=O)cc1NC1CCN(C=O)CC1. The Hall–Kier alpha value is -2.37. The lowest BCUT2D eigenvalue weighted by atomic mass is 10.0. The zero-order valence-corrected chi connectivity index (χ0v) is 11.1. The van der Waals surface area contributed by atoms with E-state index in [1.165, 1.54) is 6.21 Å². The van der Waals surface area contributed by atoms with Crippen LogP contribution in [0.4, 0.5) is 11.4 Å². The summed E-state index contributed by atoms with van der Waals surface area (Å²) in [5.74, 6) is 0. The lowest BCUT2D eigenvalue weighted by molar-refractivity contribution is -0.119. The Bertz CT molecular complexity index is 496. The number of rotatable bonds is 6. The van der Waals surface area contributed by atoms with Crippen molar-refractivity contribution >= 4 is 30.4 Å². The van der Waals surface area contributed by atoms with Crippen molar-refractivity contribution < 1.29 is 9.59 Å². The van der Waals surface area contributed by atoms with E-state index in [9.17, 15) is 9.59 Å². The van der Waals surface area contributed by atoms with E-state index in [2.05, 4.69) is 10.6 Å². The number of hydrogen-bond donors (Lipinski definition) is 3. The highest BCUT2D eigenvalue weighted by Crippen LogP contribution is 2.22. The highest BCUT2D eigenvalue weighted by Gasteiger charge is 2.18. The quantitative estimate of drug-likeness (QED) is 0.539. The average Bonchev–Trinajstić information content (AvgIpc) is 2.49. The molecule has 106 valence electrons. The Morgan fingerprint density at radius 1 is 1.25 bits per heavy atom. The van der Waals surface area contributed by atoms with Gasteiger partial charge in [-0.2, -0.15) is 0 Å². The summed E-state index contributed by atoms with van der Waals surface area (Å²) >= 11 is 0. The van der Waals surface area contributed by atoms with Crippen LogP contribution in [0.1, 0.15) is 18.4 Å². The lowest BCUT2D eigenvalue weighted by Crippen LogP contribution is -2.38. The van der Waals surface area contributed by atoms with Gasteiger partial charge in [0.15, 0.2) is 0 Å². The van der Waals surface area contributed by atoms with Gasteiger partial charge in [0.1, 0.15) is 0 Å². The van der Waals surface area contributed by atoms with Crippen molar-refractivity contribution in [2.75, 3.05) is 23.7 Å². The molecule has 2 amide bonds. The van der Waals surface area contributed by atoms with E-state index in [0.29, 0.717) is 12.1 Å². The second-order valence-corrected chi connectivity index (χ2v) is 4.77. The highest BCUT2D eigenvalue weighted by atomic mass is 16.1. The minimum absolute atomic E-state index is 0.274. The molecular weight excluding hydrogens is 256 g/mol. The van der Waals surface area contributed by atoms with Gasteiger partial charge in [0.05, 0.1) is 0 Å². The molecule has 3 N–H and O–H groups in total. The fourth-order valence-corrected chi connectivity index (χ4v) is 2.33. The number of benzene rings is 1. The smallest absolute Gasteiger partial charge is 0.211 e. The van der Waals surface area contributed by atoms with E-state index >= 15 is 0 Å². The monoisotopic (exact) mass is 274 g/mol. The molecule has 20 heavy (non-hydrogen) atoms. The molecule has 0 saturated carbocycles. The minimum atomic E-state index is 0.274. The second-order valence-electron chi connectivity index (χ2n) is 4.77. The molecule has 1 fully saturated rings. The van der Waals surface area contributed by atoms with Crippen molar-refractivity contribution in [3.8, 4) is 0 Å². The second kappa shape index (κ2) is 6.70. The molecule has 0 radical (unpaired) electrons. The molecule has 1 aromatic rings. The molecule has 1 aromatic carbocycles. The van der Waals surface area contributed by atoms with Crippen LogP contribution in [-0.2, 0) is 9.59 Å². The number of carbonyl (C=O) groups excluding carboxylic acids is 2. The van der Waals surface area contributed by atoms with Gasteiger partial charge in [0.25, 0.3) is 0 Å². The fraction of sp³-hybridized carbons (Fsp3) is 0.357. The Balaban J connectivity index is 2.07. The molecule has 0 bridgehead atoms. The number of piperidine rings is 1. The highest BCUT2D eigenvalue weighted by molar-refractivity contribution is 5.88. The van der Waals surface area contributed by atoms with Gasteiger partial charge in [0.2, 0.25) is 12.8 Å². The van der Waals surface area contributed by atoms with Crippen LogP contribution >= 0.6 is 0 Å². The predicted octanol–water partition coefficient (Wildman–Crippen LogP) is 1.29. The van der Waals surface area contributed by atoms with Crippen LogP contribution in [0.3, 0.4) is 0 Å². The topological polar surface area (TPSA) is 85.3 Å². The van der Waals surface area contributed by atoms with E-state index in [1.807, 2.05) is 6.07 Å². The van der Waals surface area contributed by atoms with Gasteiger partial charge >= 0.3 is 0 Å². The molecule has 1 aliphatic rings. The third kappa shape index (κ3) is 3.34. The van der Waals surface area contributed by atoms with Gasteiger partial charge in [-0.25, -0.2) is 0 Å². The number of nitrogens with one attached hydrogen (secondary N) is 3. The minimum Gasteiger partial charge on any atom is -0.382 e. The molecule has 6 heteroatoms. The summed E-state index contributed by atoms with van der Waals surface area (Å²) in [6.07, 6.45) is 4.55. The Morgan fingerprint density at radius 2 is 2.00 bits per heavy atom. The van der Waals surface area contributed by atoms with Crippen LogP contribution in [0.5, 0.6) is 0 Å². The largest absolute Gasteiger partial charge is 0.382 e. The van der Waals surface area contributed by atoms with E-state index in [0.717, 1.165) is 43.6 Å². The van der Waals surface area contributed by atoms with Gasteiger partial charge in [0, 0.05) is 42.3 Å². The normalized spacial score (nSPS) is 15.5. The molecule has 1 saturated heterocycles. The van der Waals surface area contributed by atoms with Crippen molar-refractivity contribution in [2.45, 2.75) is 18.9 Å². The van der Waals surface area contributed by atoms with Crippen molar-refractivity contribution in [3.05, 3.63) is 23.8 Å². The summed E-state index contributed by atoms with van der Waals surface area (Å²) in [6, 6.07) is 5.65. The Kier molecular flexibility index (Phi) is 4.70. The van der Waals surface area contributed by atoms with Crippen LogP contribution in [0.15, 0.2) is 18.2 Å². The van der Waals surface area contributed by atoms with Crippen LogP contribution in [-0.4, -0.2) is 43.1 Å². The summed E-state index contributed by atoms with van der Waals surface area (Å²) in [6.45, 7) is 1.49. The van der Waals surface area contributed by atoms with Crippen molar-refractivity contribution in [1.82, 2.24) is 4.90 Å². The number of carbonyl (C=O) groups is 2. The number of amides is 2. The molecule has 0 unspecified atom stereocenters. The summed E-state index contributed by atoms with van der Waals surface area (Å²) < 4.78 is 0. The number of nitrogens with zero attached hydrogens (tertiary/aromatic N) is 1. The molecule has 1 heterocycles. The molecular formula is C14H18N4O2. The van der Waals surface area contributed by atoms with Gasteiger partial charge in [-0.05, 0) is 31.0 Å². The lowest BCUT2D eigenvalue weighted by Gasteiger charge is -2.30. The Labute approximate surface area is 117 Å². The van der Waals surface area contributed by atoms with Crippen LogP contribution < -0.4 is 10.6 Å². The van der Waals surface area contributed by atoms with Gasteiger partial charge < -0.3 is 20.9 Å². The molecule has 6 nitrogen and oxygen atoms in total.